The molecule has 0 spiro atoms. The Bertz CT molecular complexity index is 552. The van der Waals surface area contributed by atoms with Gasteiger partial charge in [0, 0.05) is 5.69 Å². The lowest BCUT2D eigenvalue weighted by atomic mass is 10.1. The average Bonchev–Trinajstić information content (AvgIpc) is 2.81. The summed E-state index contributed by atoms with van der Waals surface area (Å²) >= 11 is 5.97. The summed E-state index contributed by atoms with van der Waals surface area (Å²) in [5, 5.41) is 3.55. The summed E-state index contributed by atoms with van der Waals surface area (Å²) in [7, 11) is 0. The molecule has 0 aliphatic heterocycles. The number of hydrogen-bond acceptors (Lipinski definition) is 3. The molecule has 0 saturated carbocycles. The molecule has 1 amide bonds. The van der Waals surface area contributed by atoms with Gasteiger partial charge in [-0.1, -0.05) is 11.6 Å². The van der Waals surface area contributed by atoms with Crippen molar-refractivity contribution in [3.05, 3.63) is 52.9 Å². The number of halogens is 1. The van der Waals surface area contributed by atoms with E-state index in [9.17, 15) is 4.79 Å². The van der Waals surface area contributed by atoms with Crippen LogP contribution in [-0.2, 0) is 0 Å². The van der Waals surface area contributed by atoms with Crippen LogP contribution in [0, 0.1) is 0 Å². The topological polar surface area (TPSA) is 68.3 Å². The van der Waals surface area contributed by atoms with Crippen molar-refractivity contribution >= 4 is 23.2 Å². The zero-order valence-corrected chi connectivity index (χ0v) is 10.6. The molecule has 1 heterocycles. The molecule has 2 rings (SSSR count). The van der Waals surface area contributed by atoms with Gasteiger partial charge in [0.1, 0.15) is 5.76 Å². The number of rotatable bonds is 4. The number of benzene rings is 1. The minimum Gasteiger partial charge on any atom is -0.467 e. The van der Waals surface area contributed by atoms with Gasteiger partial charge >= 0.3 is 0 Å². The minimum atomic E-state index is -0.536. The molecule has 0 aliphatic carbocycles. The van der Waals surface area contributed by atoms with Crippen LogP contribution in [0.1, 0.15) is 29.1 Å². The van der Waals surface area contributed by atoms with E-state index in [-0.39, 0.29) is 6.04 Å². The van der Waals surface area contributed by atoms with Crippen LogP contribution in [0.2, 0.25) is 5.02 Å². The predicted molar refractivity (Wildman–Crippen MR) is 70.7 cm³/mol. The van der Waals surface area contributed by atoms with E-state index < -0.39 is 5.91 Å². The van der Waals surface area contributed by atoms with E-state index in [2.05, 4.69) is 5.32 Å². The van der Waals surface area contributed by atoms with Gasteiger partial charge in [-0.3, -0.25) is 4.79 Å². The fourth-order valence-electron chi connectivity index (χ4n) is 1.66. The van der Waals surface area contributed by atoms with Crippen molar-refractivity contribution in [3.63, 3.8) is 0 Å². The first-order chi connectivity index (χ1) is 8.58. The van der Waals surface area contributed by atoms with Crippen molar-refractivity contribution < 1.29 is 9.21 Å². The zero-order valence-electron chi connectivity index (χ0n) is 9.81. The van der Waals surface area contributed by atoms with Crippen molar-refractivity contribution in [1.82, 2.24) is 0 Å². The molecule has 3 N–H and O–H groups in total. The Hall–Kier alpha value is -1.94. The van der Waals surface area contributed by atoms with E-state index in [1.807, 2.05) is 19.1 Å². The maximum Gasteiger partial charge on any atom is 0.250 e. The Morgan fingerprint density at radius 3 is 2.78 bits per heavy atom. The smallest absolute Gasteiger partial charge is 0.250 e. The normalized spacial score (nSPS) is 12.1. The fraction of sp³-hybridized carbons (Fsp3) is 0.154. The third-order valence-electron chi connectivity index (χ3n) is 2.59. The molecule has 5 heteroatoms. The van der Waals surface area contributed by atoms with Crippen LogP contribution >= 0.6 is 11.6 Å². The van der Waals surface area contributed by atoms with Gasteiger partial charge in [0.15, 0.2) is 0 Å². The van der Waals surface area contributed by atoms with Gasteiger partial charge in [0.05, 0.1) is 22.9 Å². The third kappa shape index (κ3) is 2.65. The van der Waals surface area contributed by atoms with Gasteiger partial charge in [-0.05, 0) is 37.3 Å². The first kappa shape index (κ1) is 12.5. The number of carbonyl (C=O) groups excluding carboxylic acids is 1. The van der Waals surface area contributed by atoms with E-state index in [1.165, 1.54) is 0 Å². The molecule has 0 fully saturated rings. The van der Waals surface area contributed by atoms with Gasteiger partial charge in [0.2, 0.25) is 5.91 Å². The second-order valence-electron chi connectivity index (χ2n) is 3.94. The highest BCUT2D eigenvalue weighted by molar-refractivity contribution is 6.34. The summed E-state index contributed by atoms with van der Waals surface area (Å²) in [6, 6.07) is 8.75. The molecule has 0 bridgehead atoms. The number of nitrogens with two attached hydrogens (primary N) is 1. The number of nitrogens with one attached hydrogen (secondary N) is 1. The monoisotopic (exact) mass is 264 g/mol. The highest BCUT2D eigenvalue weighted by Crippen LogP contribution is 2.24. The van der Waals surface area contributed by atoms with Crippen LogP contribution in [0.25, 0.3) is 0 Å². The highest BCUT2D eigenvalue weighted by Gasteiger charge is 2.10. The van der Waals surface area contributed by atoms with Gasteiger partial charge in [-0.15, -0.1) is 0 Å². The number of furan rings is 1. The van der Waals surface area contributed by atoms with Crippen LogP contribution < -0.4 is 11.1 Å². The molecule has 2 aromatic rings. The molecule has 4 nitrogen and oxygen atoms in total. The summed E-state index contributed by atoms with van der Waals surface area (Å²) in [5.74, 6) is 0.288. The van der Waals surface area contributed by atoms with Gasteiger partial charge in [-0.25, -0.2) is 0 Å². The maximum atomic E-state index is 11.0. The Morgan fingerprint density at radius 2 is 2.22 bits per heavy atom. The number of carbonyl (C=O) groups is 1. The molecule has 18 heavy (non-hydrogen) atoms. The lowest BCUT2D eigenvalue weighted by Crippen LogP contribution is -2.12. The Balaban J connectivity index is 2.15. The zero-order chi connectivity index (χ0) is 13.1. The summed E-state index contributed by atoms with van der Waals surface area (Å²) in [6.45, 7) is 1.97. The van der Waals surface area contributed by atoms with Gasteiger partial charge in [-0.2, -0.15) is 0 Å². The molecule has 0 saturated heterocycles. The van der Waals surface area contributed by atoms with Crippen LogP contribution in [0.3, 0.4) is 0 Å². The van der Waals surface area contributed by atoms with E-state index in [4.69, 9.17) is 21.8 Å². The van der Waals surface area contributed by atoms with E-state index in [0.717, 1.165) is 11.4 Å². The fourth-order valence-corrected chi connectivity index (χ4v) is 1.94. The van der Waals surface area contributed by atoms with Gasteiger partial charge in [0.25, 0.3) is 0 Å². The Morgan fingerprint density at radius 1 is 1.44 bits per heavy atom. The lowest BCUT2D eigenvalue weighted by molar-refractivity contribution is 0.100. The van der Waals surface area contributed by atoms with Crippen molar-refractivity contribution in [2.45, 2.75) is 13.0 Å². The molecule has 1 unspecified atom stereocenters. The number of primary amides is 1. The third-order valence-corrected chi connectivity index (χ3v) is 2.90. The van der Waals surface area contributed by atoms with E-state index >= 15 is 0 Å². The number of anilines is 1. The van der Waals surface area contributed by atoms with Crippen molar-refractivity contribution in [2.24, 2.45) is 5.73 Å². The number of amides is 1. The second kappa shape index (κ2) is 5.14. The van der Waals surface area contributed by atoms with E-state index in [0.29, 0.717) is 10.6 Å². The molecule has 1 aromatic carbocycles. The summed E-state index contributed by atoms with van der Waals surface area (Å²) < 4.78 is 5.29. The lowest BCUT2D eigenvalue weighted by Gasteiger charge is -2.13. The summed E-state index contributed by atoms with van der Waals surface area (Å²) in [5.41, 5.74) is 6.30. The molecule has 1 atom stereocenters. The van der Waals surface area contributed by atoms with Crippen molar-refractivity contribution in [3.8, 4) is 0 Å². The van der Waals surface area contributed by atoms with Gasteiger partial charge < -0.3 is 15.5 Å². The van der Waals surface area contributed by atoms with Crippen LogP contribution in [0.4, 0.5) is 5.69 Å². The maximum absolute atomic E-state index is 11.0. The first-order valence-corrected chi connectivity index (χ1v) is 5.85. The quantitative estimate of drug-likeness (QED) is 0.891. The first-order valence-electron chi connectivity index (χ1n) is 5.47. The number of hydrogen-bond donors (Lipinski definition) is 2. The largest absolute Gasteiger partial charge is 0.467 e. The average molecular weight is 265 g/mol. The molecule has 94 valence electrons. The van der Waals surface area contributed by atoms with Crippen molar-refractivity contribution in [2.75, 3.05) is 5.32 Å². The molecule has 0 aliphatic rings. The molecular weight excluding hydrogens is 252 g/mol. The molecular formula is C13H13ClN2O2. The Kier molecular flexibility index (Phi) is 3.58. The summed E-state index contributed by atoms with van der Waals surface area (Å²) in [4.78, 5) is 11.0. The predicted octanol–water partition coefficient (Wildman–Crippen LogP) is 3.21. The van der Waals surface area contributed by atoms with Crippen LogP contribution in [0.5, 0.6) is 0 Å². The van der Waals surface area contributed by atoms with E-state index in [1.54, 1.807) is 24.5 Å². The highest BCUT2D eigenvalue weighted by atomic mass is 35.5. The standard InChI is InChI=1S/C13H13ClN2O2/c1-8(12-3-2-6-18-12)16-9-4-5-10(13(15)17)11(14)7-9/h2-8,16H,1H3,(H2,15,17). The SMILES string of the molecule is CC(Nc1ccc(C(N)=O)c(Cl)c1)c1ccco1. The molecule has 0 radical (unpaired) electrons. The van der Waals surface area contributed by atoms with Crippen LogP contribution in [-0.4, -0.2) is 5.91 Å². The van der Waals surface area contributed by atoms with Crippen molar-refractivity contribution in [1.29, 1.82) is 0 Å². The molecule has 1 aromatic heterocycles. The van der Waals surface area contributed by atoms with Crippen LogP contribution in [0.15, 0.2) is 41.0 Å². The summed E-state index contributed by atoms with van der Waals surface area (Å²) in [6.07, 6.45) is 1.62. The second-order valence-corrected chi connectivity index (χ2v) is 4.35. The minimum absolute atomic E-state index is 0.00972. The Labute approximate surface area is 110 Å².